The van der Waals surface area contributed by atoms with Gasteiger partial charge in [-0.25, -0.2) is 0 Å². The first kappa shape index (κ1) is 21.9. The van der Waals surface area contributed by atoms with Crippen LogP contribution in [0.5, 0.6) is 5.75 Å². The number of rotatable bonds is 11. The zero-order valence-electron chi connectivity index (χ0n) is 14.7. The summed E-state index contributed by atoms with van der Waals surface area (Å²) in [5.41, 5.74) is 0.876. The third kappa shape index (κ3) is 9.18. The number of nitrogens with two attached hydrogens (primary N) is 1. The Labute approximate surface area is 155 Å². The zero-order chi connectivity index (χ0) is 20.2. The number of carbonyl (C=O) groups is 4. The summed E-state index contributed by atoms with van der Waals surface area (Å²) in [5.74, 6) is 2.09. The van der Waals surface area contributed by atoms with E-state index in [9.17, 15) is 19.2 Å². The lowest BCUT2D eigenvalue weighted by molar-refractivity contribution is -0.211. The SMILES string of the molecule is CC(Cc1ccc(OON)cc1)C(=O)NCC(=O)NCC(=O)NCC(=O)O. The highest BCUT2D eigenvalue weighted by molar-refractivity contribution is 5.89. The van der Waals surface area contributed by atoms with Gasteiger partial charge in [0.05, 0.1) is 13.1 Å². The maximum Gasteiger partial charge on any atom is 0.322 e. The molecular weight excluding hydrogens is 360 g/mol. The molecule has 1 aromatic rings. The molecule has 0 heterocycles. The molecule has 0 bridgehead atoms. The summed E-state index contributed by atoms with van der Waals surface area (Å²) < 4.78 is 0. The number of carboxylic acid groups (broad SMARTS) is 1. The van der Waals surface area contributed by atoms with Crippen molar-refractivity contribution in [2.24, 2.45) is 11.8 Å². The molecule has 0 saturated carbocycles. The Morgan fingerprint density at radius 3 is 2.11 bits per heavy atom. The first-order chi connectivity index (χ1) is 12.8. The lowest BCUT2D eigenvalue weighted by Gasteiger charge is -2.12. The van der Waals surface area contributed by atoms with Crippen molar-refractivity contribution in [3.63, 3.8) is 0 Å². The Morgan fingerprint density at radius 2 is 1.56 bits per heavy atom. The van der Waals surface area contributed by atoms with Crippen LogP contribution in [0, 0.1) is 5.92 Å². The molecule has 1 unspecified atom stereocenters. The molecule has 3 amide bonds. The van der Waals surface area contributed by atoms with Gasteiger partial charge in [0.15, 0.2) is 5.75 Å². The van der Waals surface area contributed by atoms with Crippen molar-refractivity contribution >= 4 is 23.7 Å². The van der Waals surface area contributed by atoms with Gasteiger partial charge in [0.1, 0.15) is 6.54 Å². The quantitative estimate of drug-likeness (QED) is 0.227. The molecule has 1 aromatic carbocycles. The van der Waals surface area contributed by atoms with Gasteiger partial charge in [-0.05, 0) is 24.1 Å². The second-order valence-corrected chi connectivity index (χ2v) is 5.59. The Hall–Kier alpha value is -3.18. The number of aliphatic carboxylic acids is 1. The molecular formula is C16H22N4O7. The van der Waals surface area contributed by atoms with Crippen LogP contribution in [0.4, 0.5) is 0 Å². The normalized spacial score (nSPS) is 11.2. The van der Waals surface area contributed by atoms with Gasteiger partial charge in [0.25, 0.3) is 0 Å². The van der Waals surface area contributed by atoms with Crippen molar-refractivity contribution in [3.8, 4) is 5.75 Å². The largest absolute Gasteiger partial charge is 0.480 e. The van der Waals surface area contributed by atoms with E-state index in [0.717, 1.165) is 5.56 Å². The predicted molar refractivity (Wildman–Crippen MR) is 91.9 cm³/mol. The van der Waals surface area contributed by atoms with Crippen molar-refractivity contribution in [3.05, 3.63) is 29.8 Å². The van der Waals surface area contributed by atoms with E-state index in [4.69, 9.17) is 11.0 Å². The van der Waals surface area contributed by atoms with E-state index in [0.29, 0.717) is 12.2 Å². The van der Waals surface area contributed by atoms with E-state index in [1.165, 1.54) is 0 Å². The first-order valence-electron chi connectivity index (χ1n) is 7.97. The standard InChI is InChI=1S/C16H22N4O7/c1-10(6-11-2-4-12(5-3-11)26-27-17)16(25)20-8-14(22)18-7-13(21)19-9-15(23)24/h2-5,10H,6-9,17H2,1H3,(H,18,22)(H,19,21)(H,20,25)(H,23,24). The van der Waals surface area contributed by atoms with Crippen LogP contribution in [0.1, 0.15) is 12.5 Å². The number of carboxylic acids is 1. The fraction of sp³-hybridized carbons (Fsp3) is 0.375. The molecule has 27 heavy (non-hydrogen) atoms. The number of carbonyl (C=O) groups excluding carboxylic acids is 3. The molecule has 0 saturated heterocycles. The van der Waals surface area contributed by atoms with Crippen molar-refractivity contribution in [1.82, 2.24) is 16.0 Å². The summed E-state index contributed by atoms with van der Waals surface area (Å²) in [5, 5.41) is 15.3. The van der Waals surface area contributed by atoms with Gasteiger partial charge in [0, 0.05) is 5.92 Å². The van der Waals surface area contributed by atoms with E-state index in [1.807, 2.05) is 0 Å². The van der Waals surface area contributed by atoms with Crippen LogP contribution in [0.15, 0.2) is 24.3 Å². The molecule has 0 spiro atoms. The Morgan fingerprint density at radius 1 is 1.00 bits per heavy atom. The average Bonchev–Trinajstić information content (AvgIpc) is 2.64. The summed E-state index contributed by atoms with van der Waals surface area (Å²) >= 11 is 0. The van der Waals surface area contributed by atoms with Crippen molar-refractivity contribution < 1.29 is 34.2 Å². The van der Waals surface area contributed by atoms with Crippen molar-refractivity contribution in [2.45, 2.75) is 13.3 Å². The maximum atomic E-state index is 12.0. The van der Waals surface area contributed by atoms with E-state index >= 15 is 0 Å². The van der Waals surface area contributed by atoms with Crippen LogP contribution in [0.25, 0.3) is 0 Å². The molecule has 0 fully saturated rings. The number of benzene rings is 1. The van der Waals surface area contributed by atoms with Crippen LogP contribution >= 0.6 is 0 Å². The first-order valence-corrected chi connectivity index (χ1v) is 7.97. The van der Waals surface area contributed by atoms with Crippen molar-refractivity contribution in [2.75, 3.05) is 19.6 Å². The topological polar surface area (TPSA) is 169 Å². The van der Waals surface area contributed by atoms with Gasteiger partial charge in [0.2, 0.25) is 17.7 Å². The van der Waals surface area contributed by atoms with Crippen LogP contribution in [0.2, 0.25) is 0 Å². The predicted octanol–water partition coefficient (Wildman–Crippen LogP) is -1.52. The molecule has 1 rings (SSSR count). The minimum Gasteiger partial charge on any atom is -0.480 e. The van der Waals surface area contributed by atoms with Gasteiger partial charge < -0.3 is 25.9 Å². The second kappa shape index (κ2) is 11.4. The summed E-state index contributed by atoms with van der Waals surface area (Å²) in [6.07, 6.45) is 0.439. The fourth-order valence-electron chi connectivity index (χ4n) is 2.00. The lowest BCUT2D eigenvalue weighted by atomic mass is 10.0. The average molecular weight is 382 g/mol. The molecule has 0 aliphatic heterocycles. The van der Waals surface area contributed by atoms with Crippen LogP contribution in [-0.2, 0) is 30.6 Å². The Bertz CT molecular complexity index is 663. The highest BCUT2D eigenvalue weighted by Crippen LogP contribution is 2.15. The van der Waals surface area contributed by atoms with Crippen LogP contribution in [-0.4, -0.2) is 48.4 Å². The Balaban J connectivity index is 2.30. The highest BCUT2D eigenvalue weighted by Gasteiger charge is 2.15. The van der Waals surface area contributed by atoms with Crippen LogP contribution < -0.4 is 26.7 Å². The summed E-state index contributed by atoms with van der Waals surface area (Å²) in [6.45, 7) is 0.504. The Kier molecular flexibility index (Phi) is 9.26. The maximum absolute atomic E-state index is 12.0. The monoisotopic (exact) mass is 382 g/mol. The number of nitrogens with one attached hydrogen (secondary N) is 3. The smallest absolute Gasteiger partial charge is 0.322 e. The highest BCUT2D eigenvalue weighted by atomic mass is 17.3. The molecule has 0 aromatic heterocycles. The van der Waals surface area contributed by atoms with E-state index in [1.54, 1.807) is 31.2 Å². The summed E-state index contributed by atoms with van der Waals surface area (Å²) in [6, 6.07) is 6.77. The zero-order valence-corrected chi connectivity index (χ0v) is 14.7. The van der Waals surface area contributed by atoms with Gasteiger partial charge in [-0.3, -0.25) is 19.2 Å². The molecule has 0 radical (unpaired) electrons. The van der Waals surface area contributed by atoms with Gasteiger partial charge in [-0.2, -0.15) is 5.90 Å². The molecule has 6 N–H and O–H groups in total. The minimum absolute atomic E-state index is 0.296. The van der Waals surface area contributed by atoms with E-state index in [2.05, 4.69) is 25.8 Å². The third-order valence-corrected chi connectivity index (χ3v) is 3.36. The summed E-state index contributed by atoms with van der Waals surface area (Å²) in [4.78, 5) is 53.9. The van der Waals surface area contributed by atoms with Gasteiger partial charge in [-0.15, -0.1) is 0 Å². The van der Waals surface area contributed by atoms with Gasteiger partial charge in [-0.1, -0.05) is 24.0 Å². The number of amides is 3. The molecule has 148 valence electrons. The van der Waals surface area contributed by atoms with Gasteiger partial charge >= 0.3 is 5.97 Å². The second-order valence-electron chi connectivity index (χ2n) is 5.59. The molecule has 11 nitrogen and oxygen atoms in total. The molecule has 0 aliphatic carbocycles. The third-order valence-electron chi connectivity index (χ3n) is 3.36. The number of hydrogen-bond donors (Lipinski definition) is 5. The fourth-order valence-corrected chi connectivity index (χ4v) is 2.00. The lowest BCUT2D eigenvalue weighted by Crippen LogP contribution is -2.43. The number of hydrogen-bond acceptors (Lipinski definition) is 7. The summed E-state index contributed by atoms with van der Waals surface area (Å²) in [7, 11) is 0. The minimum atomic E-state index is -1.19. The molecule has 11 heteroatoms. The molecule has 1 atom stereocenters. The van der Waals surface area contributed by atoms with Crippen molar-refractivity contribution in [1.29, 1.82) is 0 Å². The van der Waals surface area contributed by atoms with E-state index in [-0.39, 0.29) is 19.0 Å². The molecule has 0 aliphatic rings. The van der Waals surface area contributed by atoms with E-state index < -0.39 is 30.2 Å². The van der Waals surface area contributed by atoms with Crippen LogP contribution in [0.3, 0.4) is 0 Å².